The zero-order valence-electron chi connectivity index (χ0n) is 21.0. The van der Waals surface area contributed by atoms with Crippen molar-refractivity contribution in [3.05, 3.63) is 59.1 Å². The monoisotopic (exact) mass is 523 g/mol. The first-order valence-corrected chi connectivity index (χ1v) is 13.5. The van der Waals surface area contributed by atoms with Crippen molar-refractivity contribution in [3.8, 4) is 5.75 Å². The largest absolute Gasteiger partial charge is 0.497 e. The fourth-order valence-corrected chi connectivity index (χ4v) is 4.70. The molecule has 10 heteroatoms. The average Bonchev–Trinajstić information content (AvgIpc) is 2.76. The number of amides is 2. The second kappa shape index (κ2) is 11.8. The van der Waals surface area contributed by atoms with Gasteiger partial charge >= 0.3 is 0 Å². The number of carbonyl (C=O) groups excluding carboxylic acids is 2. The van der Waals surface area contributed by atoms with E-state index in [1.54, 1.807) is 49.6 Å². The quantitative estimate of drug-likeness (QED) is 0.510. The minimum Gasteiger partial charge on any atom is -0.497 e. The lowest BCUT2D eigenvalue weighted by Gasteiger charge is -2.34. The van der Waals surface area contributed by atoms with Gasteiger partial charge < -0.3 is 15.0 Å². The highest BCUT2D eigenvalue weighted by Gasteiger charge is 2.33. The molecule has 8 nitrogen and oxygen atoms in total. The topological polar surface area (TPSA) is 96.0 Å². The van der Waals surface area contributed by atoms with E-state index in [1.165, 1.54) is 11.0 Å². The molecular weight excluding hydrogens is 490 g/mol. The minimum atomic E-state index is -3.85. The number of hydrogen-bond acceptors (Lipinski definition) is 5. The number of nitrogens with zero attached hydrogens (tertiary/aromatic N) is 2. The first-order valence-electron chi connectivity index (χ1n) is 11.2. The normalized spacial score (nSPS) is 12.5. The van der Waals surface area contributed by atoms with Gasteiger partial charge in [-0.3, -0.25) is 13.9 Å². The van der Waals surface area contributed by atoms with E-state index in [1.807, 2.05) is 27.7 Å². The number of carbonyl (C=O) groups is 2. The number of anilines is 1. The predicted molar refractivity (Wildman–Crippen MR) is 139 cm³/mol. The molecule has 0 bridgehead atoms. The lowest BCUT2D eigenvalue weighted by Crippen LogP contribution is -2.55. The van der Waals surface area contributed by atoms with Crippen LogP contribution in [0.5, 0.6) is 5.75 Å². The Hall–Kier alpha value is -2.78. The summed E-state index contributed by atoms with van der Waals surface area (Å²) in [4.78, 5) is 28.2. The van der Waals surface area contributed by atoms with E-state index in [0.717, 1.165) is 16.1 Å². The maximum atomic E-state index is 13.7. The maximum Gasteiger partial charge on any atom is 0.244 e. The van der Waals surface area contributed by atoms with Crippen LogP contribution in [0, 0.1) is 0 Å². The van der Waals surface area contributed by atoms with Crippen molar-refractivity contribution < 1.29 is 22.7 Å². The molecule has 0 saturated heterocycles. The van der Waals surface area contributed by atoms with Gasteiger partial charge in [-0.05, 0) is 57.0 Å². The van der Waals surface area contributed by atoms with Crippen molar-refractivity contribution in [2.45, 2.75) is 52.2 Å². The molecule has 192 valence electrons. The summed E-state index contributed by atoms with van der Waals surface area (Å²) in [6, 6.07) is 12.7. The predicted octanol–water partition coefficient (Wildman–Crippen LogP) is 3.84. The van der Waals surface area contributed by atoms with Crippen LogP contribution in [0.25, 0.3) is 0 Å². The maximum absolute atomic E-state index is 13.7. The molecule has 0 radical (unpaired) electrons. The van der Waals surface area contributed by atoms with Crippen molar-refractivity contribution in [1.29, 1.82) is 0 Å². The van der Waals surface area contributed by atoms with Gasteiger partial charge in [0.05, 0.1) is 24.1 Å². The van der Waals surface area contributed by atoms with E-state index in [2.05, 4.69) is 5.32 Å². The summed E-state index contributed by atoms with van der Waals surface area (Å²) >= 11 is 6.25. The Morgan fingerprint density at radius 2 is 1.69 bits per heavy atom. The molecule has 0 fully saturated rings. The van der Waals surface area contributed by atoms with E-state index >= 15 is 0 Å². The number of nitrogens with one attached hydrogen (secondary N) is 1. The van der Waals surface area contributed by atoms with E-state index in [4.69, 9.17) is 16.3 Å². The second-order valence-electron chi connectivity index (χ2n) is 9.25. The Bertz CT molecular complexity index is 1130. The number of halogens is 1. The van der Waals surface area contributed by atoms with Gasteiger partial charge in [0.25, 0.3) is 0 Å². The molecule has 2 rings (SSSR count). The van der Waals surface area contributed by atoms with Gasteiger partial charge in [-0.2, -0.15) is 0 Å². The summed E-state index contributed by atoms with van der Waals surface area (Å²) in [5, 5.41) is 3.13. The molecule has 2 aromatic carbocycles. The molecule has 2 aromatic rings. The van der Waals surface area contributed by atoms with E-state index < -0.39 is 34.1 Å². The first-order chi connectivity index (χ1) is 16.3. The van der Waals surface area contributed by atoms with Crippen LogP contribution < -0.4 is 14.4 Å². The Balaban J connectivity index is 2.46. The lowest BCUT2D eigenvalue weighted by molar-refractivity contribution is -0.141. The van der Waals surface area contributed by atoms with Crippen molar-refractivity contribution >= 4 is 39.1 Å². The van der Waals surface area contributed by atoms with Crippen LogP contribution in [0.3, 0.4) is 0 Å². The summed E-state index contributed by atoms with van der Waals surface area (Å²) in [7, 11) is -2.29. The van der Waals surface area contributed by atoms with E-state index in [0.29, 0.717) is 12.2 Å². The number of ether oxygens (including phenoxy) is 1. The van der Waals surface area contributed by atoms with Crippen molar-refractivity contribution in [1.82, 2.24) is 10.2 Å². The van der Waals surface area contributed by atoms with Crippen LogP contribution in [0.1, 0.15) is 39.7 Å². The summed E-state index contributed by atoms with van der Waals surface area (Å²) in [6.07, 6.45) is 1.36. The first kappa shape index (κ1) is 28.5. The molecule has 0 saturated carbocycles. The third-order valence-corrected chi connectivity index (χ3v) is 6.64. The molecule has 0 spiro atoms. The zero-order valence-corrected chi connectivity index (χ0v) is 22.6. The molecule has 1 atom stereocenters. The molecule has 0 aliphatic heterocycles. The highest BCUT2D eigenvalue weighted by Crippen LogP contribution is 2.27. The summed E-state index contributed by atoms with van der Waals surface area (Å²) in [5.41, 5.74) is 0.460. The van der Waals surface area contributed by atoms with Gasteiger partial charge in [0.2, 0.25) is 21.8 Å². The Labute approximate surface area is 213 Å². The van der Waals surface area contributed by atoms with Gasteiger partial charge in [-0.25, -0.2) is 8.42 Å². The van der Waals surface area contributed by atoms with Gasteiger partial charge in [0.1, 0.15) is 18.3 Å². The average molecular weight is 524 g/mol. The molecular formula is C25H34ClN3O5S. The highest BCUT2D eigenvalue weighted by atomic mass is 35.5. The number of hydrogen-bond donors (Lipinski definition) is 1. The van der Waals surface area contributed by atoms with Crippen LogP contribution in [0.15, 0.2) is 48.5 Å². The fourth-order valence-electron chi connectivity index (χ4n) is 3.55. The van der Waals surface area contributed by atoms with E-state index in [-0.39, 0.29) is 23.2 Å². The molecule has 0 heterocycles. The number of methoxy groups -OCH3 is 1. The number of benzene rings is 2. The van der Waals surface area contributed by atoms with Crippen LogP contribution in [0.2, 0.25) is 5.02 Å². The molecule has 0 unspecified atom stereocenters. The Kier molecular flexibility index (Phi) is 9.57. The highest BCUT2D eigenvalue weighted by molar-refractivity contribution is 7.92. The van der Waals surface area contributed by atoms with Crippen LogP contribution in [-0.2, 0) is 26.2 Å². The number of rotatable bonds is 10. The Morgan fingerprint density at radius 1 is 1.09 bits per heavy atom. The second-order valence-corrected chi connectivity index (χ2v) is 11.6. The van der Waals surface area contributed by atoms with Crippen LogP contribution in [-0.4, -0.2) is 56.6 Å². The summed E-state index contributed by atoms with van der Waals surface area (Å²) in [6.45, 7) is 6.99. The van der Waals surface area contributed by atoms with Crippen molar-refractivity contribution in [2.75, 3.05) is 24.2 Å². The standard InChI is InChI=1S/C25H34ClN3O5S/c1-7-21(24(31)27-25(2,3)4)28(16-18-12-14-19(34-5)15-13-18)23(30)17-29(35(6,32)33)22-11-9-8-10-20(22)26/h8-15,21H,7,16-17H2,1-6H3,(H,27,31)/t21-/m0/s1. The zero-order chi connectivity index (χ0) is 26.4. The van der Waals surface area contributed by atoms with Crippen molar-refractivity contribution in [3.63, 3.8) is 0 Å². The molecule has 1 N–H and O–H groups in total. The van der Waals surface area contributed by atoms with Gasteiger partial charge in [-0.1, -0.05) is 42.8 Å². The molecule has 0 aromatic heterocycles. The molecule has 35 heavy (non-hydrogen) atoms. The molecule has 0 aliphatic rings. The van der Waals surface area contributed by atoms with E-state index in [9.17, 15) is 18.0 Å². The third kappa shape index (κ3) is 8.14. The number of para-hydroxylation sites is 1. The molecule has 0 aliphatic carbocycles. The lowest BCUT2D eigenvalue weighted by atomic mass is 10.1. The SMILES string of the molecule is CC[C@@H](C(=O)NC(C)(C)C)N(Cc1ccc(OC)cc1)C(=O)CN(c1ccccc1Cl)S(C)(=O)=O. The third-order valence-electron chi connectivity index (χ3n) is 5.20. The smallest absolute Gasteiger partial charge is 0.244 e. The van der Waals surface area contributed by atoms with Crippen molar-refractivity contribution in [2.24, 2.45) is 0 Å². The number of sulfonamides is 1. The fraction of sp³-hybridized carbons (Fsp3) is 0.440. The Morgan fingerprint density at radius 3 is 2.17 bits per heavy atom. The van der Waals surface area contributed by atoms with Crippen LogP contribution in [0.4, 0.5) is 5.69 Å². The molecule has 2 amide bonds. The minimum absolute atomic E-state index is 0.110. The van der Waals surface area contributed by atoms with Gasteiger partial charge in [0.15, 0.2) is 0 Å². The van der Waals surface area contributed by atoms with Gasteiger partial charge in [0, 0.05) is 12.1 Å². The van der Waals surface area contributed by atoms with Gasteiger partial charge in [-0.15, -0.1) is 0 Å². The summed E-state index contributed by atoms with van der Waals surface area (Å²) in [5.74, 6) is -0.182. The van der Waals surface area contributed by atoms with Crippen LogP contribution >= 0.6 is 11.6 Å². The summed E-state index contributed by atoms with van der Waals surface area (Å²) < 4.78 is 31.4.